The molecule has 0 radical (unpaired) electrons. The first-order valence-electron chi connectivity index (χ1n) is 6.91. The molecule has 2 rings (SSSR count). The summed E-state index contributed by atoms with van der Waals surface area (Å²) in [6.07, 6.45) is 3.15. The maximum absolute atomic E-state index is 11.6. The van der Waals surface area contributed by atoms with Crippen molar-refractivity contribution in [2.24, 2.45) is 0 Å². The fourth-order valence-corrected chi connectivity index (χ4v) is 2.34. The second-order valence-corrected chi connectivity index (χ2v) is 5.14. The third-order valence-corrected chi connectivity index (χ3v) is 3.57. The Labute approximate surface area is 129 Å². The normalized spacial score (nSPS) is 10.4. The minimum atomic E-state index is -0.371. The van der Waals surface area contributed by atoms with Gasteiger partial charge in [-0.1, -0.05) is 18.5 Å². The van der Waals surface area contributed by atoms with Crippen molar-refractivity contribution in [2.45, 2.75) is 26.4 Å². The maximum atomic E-state index is 11.6. The van der Waals surface area contributed by atoms with Crippen LogP contribution in [0.4, 0.5) is 5.69 Å². The lowest BCUT2D eigenvalue weighted by atomic mass is 10.2. The van der Waals surface area contributed by atoms with Gasteiger partial charge in [-0.15, -0.1) is 0 Å². The molecule has 0 spiro atoms. The first-order chi connectivity index (χ1) is 10.2. The average molecular weight is 307 g/mol. The fourth-order valence-electron chi connectivity index (χ4n) is 2.16. The van der Waals surface area contributed by atoms with Crippen LogP contribution >= 0.6 is 11.6 Å². The summed E-state index contributed by atoms with van der Waals surface area (Å²) >= 11 is 6.16. The van der Waals surface area contributed by atoms with E-state index >= 15 is 0 Å². The molecule has 0 bridgehead atoms. The lowest BCUT2D eigenvalue weighted by Crippen LogP contribution is -2.08. The number of methoxy groups -OCH3 is 1. The zero-order chi connectivity index (χ0) is 15.2. The molecule has 0 unspecified atom stereocenters. The van der Waals surface area contributed by atoms with Crippen LogP contribution in [0, 0.1) is 0 Å². The van der Waals surface area contributed by atoms with Crippen LogP contribution < -0.4 is 5.32 Å². The predicted octanol–water partition coefficient (Wildman–Crippen LogP) is 3.95. The molecule has 0 fully saturated rings. The van der Waals surface area contributed by atoms with Crippen molar-refractivity contribution in [1.29, 1.82) is 0 Å². The second-order valence-electron chi connectivity index (χ2n) is 4.73. The largest absolute Gasteiger partial charge is 0.465 e. The number of carbonyl (C=O) groups excluding carboxylic acids is 1. The Morgan fingerprint density at radius 2 is 2.19 bits per heavy atom. The Bertz CT molecular complexity index is 622. The summed E-state index contributed by atoms with van der Waals surface area (Å²) in [6.45, 7) is 3.78. The molecule has 0 saturated heterocycles. The van der Waals surface area contributed by atoms with Crippen molar-refractivity contribution >= 4 is 23.3 Å². The van der Waals surface area contributed by atoms with E-state index in [1.54, 1.807) is 18.2 Å². The van der Waals surface area contributed by atoms with Crippen LogP contribution in [-0.2, 0) is 17.8 Å². The molecule has 4 nitrogen and oxygen atoms in total. The fraction of sp³-hybridized carbons (Fsp3) is 0.312. The Morgan fingerprint density at radius 1 is 1.38 bits per heavy atom. The monoisotopic (exact) mass is 306 g/mol. The summed E-state index contributed by atoms with van der Waals surface area (Å²) in [5, 5.41) is 3.85. The third kappa shape index (κ3) is 3.79. The van der Waals surface area contributed by atoms with E-state index in [1.807, 2.05) is 6.07 Å². The molecule has 0 aliphatic carbocycles. The number of nitrogens with zero attached hydrogens (tertiary/aromatic N) is 1. The molecular formula is C16H19ClN2O2. The van der Waals surface area contributed by atoms with Gasteiger partial charge in [0.1, 0.15) is 0 Å². The van der Waals surface area contributed by atoms with Crippen LogP contribution in [0.15, 0.2) is 36.5 Å². The summed E-state index contributed by atoms with van der Waals surface area (Å²) in [4.78, 5) is 11.6. The van der Waals surface area contributed by atoms with Gasteiger partial charge in [-0.25, -0.2) is 4.79 Å². The van der Waals surface area contributed by atoms with E-state index < -0.39 is 0 Å². The lowest BCUT2D eigenvalue weighted by Gasteiger charge is -2.12. The molecule has 2 aromatic rings. The zero-order valence-corrected chi connectivity index (χ0v) is 13.0. The van der Waals surface area contributed by atoms with Crippen molar-refractivity contribution in [2.75, 3.05) is 12.4 Å². The number of hydrogen-bond donors (Lipinski definition) is 1. The van der Waals surface area contributed by atoms with Gasteiger partial charge in [0.2, 0.25) is 0 Å². The Morgan fingerprint density at radius 3 is 2.90 bits per heavy atom. The van der Waals surface area contributed by atoms with Crippen LogP contribution in [0.3, 0.4) is 0 Å². The average Bonchev–Trinajstić information content (AvgIpc) is 2.93. The topological polar surface area (TPSA) is 43.3 Å². The number of aromatic nitrogens is 1. The maximum Gasteiger partial charge on any atom is 0.337 e. The van der Waals surface area contributed by atoms with Gasteiger partial charge < -0.3 is 14.6 Å². The first kappa shape index (κ1) is 15.4. The molecule has 0 aliphatic rings. The molecule has 112 valence electrons. The molecule has 1 aromatic heterocycles. The van der Waals surface area contributed by atoms with Crippen molar-refractivity contribution < 1.29 is 9.53 Å². The quantitative estimate of drug-likeness (QED) is 0.822. The lowest BCUT2D eigenvalue weighted by molar-refractivity contribution is 0.0601. The Kier molecular flexibility index (Phi) is 5.28. The minimum absolute atomic E-state index is 0.371. The number of hydrogen-bond acceptors (Lipinski definition) is 3. The molecule has 1 heterocycles. The third-order valence-electron chi connectivity index (χ3n) is 3.24. The highest BCUT2D eigenvalue weighted by Gasteiger charge is 2.09. The molecule has 21 heavy (non-hydrogen) atoms. The summed E-state index contributed by atoms with van der Waals surface area (Å²) in [6, 6.07) is 9.15. The van der Waals surface area contributed by atoms with E-state index in [4.69, 9.17) is 16.3 Å². The molecule has 0 saturated carbocycles. The number of esters is 1. The highest BCUT2D eigenvalue weighted by molar-refractivity contribution is 6.33. The number of carbonyl (C=O) groups is 1. The highest BCUT2D eigenvalue weighted by Crippen LogP contribution is 2.24. The molecule has 0 atom stereocenters. The number of rotatable bonds is 6. The second kappa shape index (κ2) is 7.18. The van der Waals surface area contributed by atoms with Gasteiger partial charge in [-0.05, 0) is 36.8 Å². The van der Waals surface area contributed by atoms with Crippen LogP contribution in [-0.4, -0.2) is 17.6 Å². The van der Waals surface area contributed by atoms with Crippen molar-refractivity contribution in [3.63, 3.8) is 0 Å². The van der Waals surface area contributed by atoms with Crippen LogP contribution in [0.25, 0.3) is 0 Å². The molecule has 0 amide bonds. The van der Waals surface area contributed by atoms with Crippen LogP contribution in [0.2, 0.25) is 5.02 Å². The summed E-state index contributed by atoms with van der Waals surface area (Å²) in [5.41, 5.74) is 2.38. The van der Waals surface area contributed by atoms with Gasteiger partial charge >= 0.3 is 5.97 Å². The minimum Gasteiger partial charge on any atom is -0.465 e. The van der Waals surface area contributed by atoms with Gasteiger partial charge in [0.15, 0.2) is 0 Å². The van der Waals surface area contributed by atoms with Crippen LogP contribution in [0.1, 0.15) is 29.4 Å². The Hall–Kier alpha value is -1.94. The van der Waals surface area contributed by atoms with Gasteiger partial charge in [0, 0.05) is 18.4 Å². The molecule has 1 aromatic carbocycles. The molecular weight excluding hydrogens is 288 g/mol. The number of anilines is 1. The van der Waals surface area contributed by atoms with E-state index in [9.17, 15) is 4.79 Å². The standard InChI is InChI=1S/C16H19ClN2O2/c1-3-8-19-9-4-5-13(19)11-18-15-10-12(16(20)21-2)6-7-14(15)17/h4-7,9-10,18H,3,8,11H2,1-2H3. The summed E-state index contributed by atoms with van der Waals surface area (Å²) < 4.78 is 6.92. The number of aryl methyl sites for hydroxylation is 1. The van der Waals surface area contributed by atoms with Crippen molar-refractivity contribution in [1.82, 2.24) is 4.57 Å². The van der Waals surface area contributed by atoms with E-state index in [-0.39, 0.29) is 5.97 Å². The Balaban J connectivity index is 2.12. The van der Waals surface area contributed by atoms with Crippen molar-refractivity contribution in [3.05, 3.63) is 52.8 Å². The van der Waals surface area contributed by atoms with Gasteiger partial charge in [0.25, 0.3) is 0 Å². The molecule has 5 heteroatoms. The highest BCUT2D eigenvalue weighted by atomic mass is 35.5. The van der Waals surface area contributed by atoms with Gasteiger partial charge in [0.05, 0.1) is 29.9 Å². The van der Waals surface area contributed by atoms with Crippen molar-refractivity contribution in [3.8, 4) is 0 Å². The molecule has 0 aliphatic heterocycles. The van der Waals surface area contributed by atoms with Gasteiger partial charge in [-0.3, -0.25) is 0 Å². The number of ether oxygens (including phenoxy) is 1. The van der Waals surface area contributed by atoms with E-state index in [0.717, 1.165) is 18.7 Å². The predicted molar refractivity (Wildman–Crippen MR) is 84.8 cm³/mol. The van der Waals surface area contributed by atoms with Gasteiger partial charge in [-0.2, -0.15) is 0 Å². The summed E-state index contributed by atoms with van der Waals surface area (Å²) in [5.74, 6) is -0.371. The number of halogens is 1. The van der Waals surface area contributed by atoms with E-state index in [2.05, 4.69) is 29.1 Å². The zero-order valence-electron chi connectivity index (χ0n) is 12.2. The number of nitrogens with one attached hydrogen (secondary N) is 1. The first-order valence-corrected chi connectivity index (χ1v) is 7.29. The number of benzene rings is 1. The smallest absolute Gasteiger partial charge is 0.337 e. The summed E-state index contributed by atoms with van der Waals surface area (Å²) in [7, 11) is 1.36. The SMILES string of the molecule is CCCn1cccc1CNc1cc(C(=O)OC)ccc1Cl. The van der Waals surface area contributed by atoms with E-state index in [0.29, 0.717) is 17.1 Å². The molecule has 1 N–H and O–H groups in total. The van der Waals surface area contributed by atoms with Crippen LogP contribution in [0.5, 0.6) is 0 Å². The van der Waals surface area contributed by atoms with E-state index in [1.165, 1.54) is 12.8 Å².